The molecule has 1 fully saturated rings. The van der Waals surface area contributed by atoms with E-state index in [9.17, 15) is 9.59 Å². The summed E-state index contributed by atoms with van der Waals surface area (Å²) in [6.45, 7) is 2.49. The summed E-state index contributed by atoms with van der Waals surface area (Å²) < 4.78 is 0. The van der Waals surface area contributed by atoms with Crippen LogP contribution in [0.4, 0.5) is 5.69 Å². The summed E-state index contributed by atoms with van der Waals surface area (Å²) in [6.07, 6.45) is 2.11. The largest absolute Gasteiger partial charge is 0.481 e. The minimum absolute atomic E-state index is 0.0189. The predicted molar refractivity (Wildman–Crippen MR) is 76.8 cm³/mol. The van der Waals surface area contributed by atoms with Gasteiger partial charge in [0.2, 0.25) is 5.91 Å². The number of carbonyl (C=O) groups is 2. The Morgan fingerprint density at radius 3 is 2.65 bits per heavy atom. The SMILES string of the molecule is Cc1ccccc1N(CCC(=O)O)CC(=O)NC1CC1. The Kier molecular flexibility index (Phi) is 4.61. The van der Waals surface area contributed by atoms with Gasteiger partial charge in [0.1, 0.15) is 0 Å². The first-order chi connectivity index (χ1) is 9.56. The Morgan fingerprint density at radius 2 is 2.05 bits per heavy atom. The molecule has 1 aromatic carbocycles. The average Bonchev–Trinajstić information content (AvgIpc) is 3.19. The van der Waals surface area contributed by atoms with Gasteiger partial charge in [-0.3, -0.25) is 9.59 Å². The fraction of sp³-hybridized carbons (Fsp3) is 0.467. The molecule has 5 nitrogen and oxygen atoms in total. The molecule has 0 heterocycles. The zero-order chi connectivity index (χ0) is 14.5. The van der Waals surface area contributed by atoms with Crippen LogP contribution in [-0.2, 0) is 9.59 Å². The van der Waals surface area contributed by atoms with E-state index in [0.717, 1.165) is 24.1 Å². The Bertz CT molecular complexity index is 498. The number of benzene rings is 1. The monoisotopic (exact) mass is 276 g/mol. The molecule has 0 spiro atoms. The van der Waals surface area contributed by atoms with Crippen LogP contribution in [0, 0.1) is 6.92 Å². The smallest absolute Gasteiger partial charge is 0.305 e. The molecule has 0 radical (unpaired) electrons. The number of carboxylic acid groups (broad SMARTS) is 1. The highest BCUT2D eigenvalue weighted by Gasteiger charge is 2.24. The average molecular weight is 276 g/mol. The van der Waals surface area contributed by atoms with Gasteiger partial charge in [0.25, 0.3) is 0 Å². The molecule has 0 aliphatic heterocycles. The number of nitrogens with one attached hydrogen (secondary N) is 1. The van der Waals surface area contributed by atoms with Gasteiger partial charge < -0.3 is 15.3 Å². The zero-order valence-electron chi connectivity index (χ0n) is 11.6. The van der Waals surface area contributed by atoms with Crippen molar-refractivity contribution in [3.05, 3.63) is 29.8 Å². The molecule has 1 aromatic rings. The highest BCUT2D eigenvalue weighted by atomic mass is 16.4. The molecular weight excluding hydrogens is 256 g/mol. The van der Waals surface area contributed by atoms with E-state index in [1.165, 1.54) is 0 Å². The fourth-order valence-electron chi connectivity index (χ4n) is 2.11. The first-order valence-corrected chi connectivity index (χ1v) is 6.88. The number of hydrogen-bond acceptors (Lipinski definition) is 3. The summed E-state index contributed by atoms with van der Waals surface area (Å²) in [6, 6.07) is 8.03. The van der Waals surface area contributed by atoms with Gasteiger partial charge in [-0.2, -0.15) is 0 Å². The third kappa shape index (κ3) is 4.26. The molecule has 0 atom stereocenters. The maximum Gasteiger partial charge on any atom is 0.305 e. The Balaban J connectivity index is 2.04. The van der Waals surface area contributed by atoms with Gasteiger partial charge >= 0.3 is 5.97 Å². The normalized spacial score (nSPS) is 13.8. The number of carboxylic acids is 1. The van der Waals surface area contributed by atoms with Crippen LogP contribution in [0.5, 0.6) is 0 Å². The van der Waals surface area contributed by atoms with Crippen molar-refractivity contribution in [2.45, 2.75) is 32.2 Å². The quantitative estimate of drug-likeness (QED) is 0.793. The second-order valence-corrected chi connectivity index (χ2v) is 5.19. The first kappa shape index (κ1) is 14.4. The highest BCUT2D eigenvalue weighted by Crippen LogP contribution is 2.21. The maximum absolute atomic E-state index is 11.9. The van der Waals surface area contributed by atoms with Gasteiger partial charge in [0.05, 0.1) is 13.0 Å². The van der Waals surface area contributed by atoms with Crippen LogP contribution < -0.4 is 10.2 Å². The highest BCUT2D eigenvalue weighted by molar-refractivity contribution is 5.82. The lowest BCUT2D eigenvalue weighted by atomic mass is 10.1. The molecule has 0 aromatic heterocycles. The first-order valence-electron chi connectivity index (χ1n) is 6.88. The van der Waals surface area contributed by atoms with Crippen molar-refractivity contribution in [2.75, 3.05) is 18.0 Å². The van der Waals surface area contributed by atoms with Crippen molar-refractivity contribution in [3.63, 3.8) is 0 Å². The summed E-state index contributed by atoms with van der Waals surface area (Å²) in [4.78, 5) is 24.5. The molecule has 1 amide bonds. The number of rotatable bonds is 7. The lowest BCUT2D eigenvalue weighted by molar-refractivity contribution is -0.136. The van der Waals surface area contributed by atoms with Gasteiger partial charge in [0, 0.05) is 18.3 Å². The number of para-hydroxylation sites is 1. The number of hydrogen-bond donors (Lipinski definition) is 2. The number of aryl methyl sites for hydroxylation is 1. The van der Waals surface area contributed by atoms with Crippen molar-refractivity contribution < 1.29 is 14.7 Å². The summed E-state index contributed by atoms with van der Waals surface area (Å²) >= 11 is 0. The summed E-state index contributed by atoms with van der Waals surface area (Å²) in [5.41, 5.74) is 1.96. The molecule has 1 aliphatic carbocycles. The summed E-state index contributed by atoms with van der Waals surface area (Å²) in [5, 5.41) is 11.8. The van der Waals surface area contributed by atoms with Crippen LogP contribution in [0.3, 0.4) is 0 Å². The molecule has 0 unspecified atom stereocenters. The van der Waals surface area contributed by atoms with Crippen LogP contribution in [-0.4, -0.2) is 36.1 Å². The van der Waals surface area contributed by atoms with Crippen LogP contribution in [0.25, 0.3) is 0 Å². The van der Waals surface area contributed by atoms with Crippen molar-refractivity contribution in [1.29, 1.82) is 0 Å². The van der Waals surface area contributed by atoms with Crippen LogP contribution >= 0.6 is 0 Å². The van der Waals surface area contributed by atoms with E-state index >= 15 is 0 Å². The lowest BCUT2D eigenvalue weighted by Crippen LogP contribution is -2.39. The molecule has 0 bridgehead atoms. The number of nitrogens with zero attached hydrogens (tertiary/aromatic N) is 1. The van der Waals surface area contributed by atoms with E-state index in [1.807, 2.05) is 36.1 Å². The van der Waals surface area contributed by atoms with E-state index in [1.54, 1.807) is 0 Å². The van der Waals surface area contributed by atoms with E-state index in [-0.39, 0.29) is 18.9 Å². The van der Waals surface area contributed by atoms with Crippen molar-refractivity contribution in [1.82, 2.24) is 5.32 Å². The molecular formula is C15H20N2O3. The fourth-order valence-corrected chi connectivity index (χ4v) is 2.11. The van der Waals surface area contributed by atoms with Gasteiger partial charge in [-0.1, -0.05) is 18.2 Å². The molecule has 1 saturated carbocycles. The Morgan fingerprint density at radius 1 is 1.35 bits per heavy atom. The third-order valence-corrected chi connectivity index (χ3v) is 3.33. The second kappa shape index (κ2) is 6.41. The third-order valence-electron chi connectivity index (χ3n) is 3.33. The zero-order valence-corrected chi connectivity index (χ0v) is 11.6. The standard InChI is InChI=1S/C15H20N2O3/c1-11-4-2-3-5-13(11)17(9-8-15(19)20)10-14(18)16-12-6-7-12/h2-5,12H,6-10H2,1H3,(H,16,18)(H,19,20). The van der Waals surface area contributed by atoms with Crippen LogP contribution in [0.1, 0.15) is 24.8 Å². The second-order valence-electron chi connectivity index (χ2n) is 5.19. The van der Waals surface area contributed by atoms with Crippen LogP contribution in [0.2, 0.25) is 0 Å². The van der Waals surface area contributed by atoms with E-state index in [4.69, 9.17) is 5.11 Å². The topological polar surface area (TPSA) is 69.6 Å². The minimum atomic E-state index is -0.855. The van der Waals surface area contributed by atoms with Gasteiger partial charge in [-0.25, -0.2) is 0 Å². The van der Waals surface area contributed by atoms with Crippen molar-refractivity contribution in [3.8, 4) is 0 Å². The van der Waals surface area contributed by atoms with Crippen molar-refractivity contribution >= 4 is 17.6 Å². The van der Waals surface area contributed by atoms with Crippen LogP contribution in [0.15, 0.2) is 24.3 Å². The minimum Gasteiger partial charge on any atom is -0.481 e. The molecule has 108 valence electrons. The summed E-state index contributed by atoms with van der Waals surface area (Å²) in [7, 11) is 0. The summed E-state index contributed by atoms with van der Waals surface area (Å²) in [5.74, 6) is -0.896. The number of anilines is 1. The molecule has 5 heteroatoms. The molecule has 2 N–H and O–H groups in total. The van der Waals surface area contributed by atoms with E-state index < -0.39 is 5.97 Å². The van der Waals surface area contributed by atoms with Gasteiger partial charge in [-0.05, 0) is 31.4 Å². The molecule has 0 saturated heterocycles. The number of aliphatic carboxylic acids is 1. The van der Waals surface area contributed by atoms with Gasteiger partial charge in [0.15, 0.2) is 0 Å². The molecule has 1 aliphatic rings. The number of carbonyl (C=O) groups excluding carboxylic acids is 1. The van der Waals surface area contributed by atoms with E-state index in [2.05, 4.69) is 5.32 Å². The molecule has 20 heavy (non-hydrogen) atoms. The van der Waals surface area contributed by atoms with Gasteiger partial charge in [-0.15, -0.1) is 0 Å². The Labute approximate surface area is 118 Å². The Hall–Kier alpha value is -2.04. The molecule has 2 rings (SSSR count). The predicted octanol–water partition coefficient (Wildman–Crippen LogP) is 1.55. The lowest BCUT2D eigenvalue weighted by Gasteiger charge is -2.25. The maximum atomic E-state index is 11.9. The van der Waals surface area contributed by atoms with E-state index in [0.29, 0.717) is 12.6 Å². The van der Waals surface area contributed by atoms with Crippen molar-refractivity contribution in [2.24, 2.45) is 0 Å². The number of amides is 1.